The lowest BCUT2D eigenvalue weighted by atomic mass is 10.2. The molecule has 26 heavy (non-hydrogen) atoms. The number of carbonyl (C=O) groups is 2. The number of nitrogens with zero attached hydrogens (tertiary/aromatic N) is 2. The molecule has 7 heteroatoms. The fourth-order valence-corrected chi connectivity index (χ4v) is 3.56. The second-order valence-electron chi connectivity index (χ2n) is 6.72. The SMILES string of the molecule is CC(C)COC(=O)N1CCCC1C(=O)Nc1nc(-c2ccccc2)cs1. The minimum Gasteiger partial charge on any atom is -0.449 e. The first-order valence-corrected chi connectivity index (χ1v) is 9.68. The number of rotatable bonds is 5. The third kappa shape index (κ3) is 4.40. The van der Waals surface area contributed by atoms with E-state index in [1.54, 1.807) is 0 Å². The van der Waals surface area contributed by atoms with Crippen LogP contribution in [0.4, 0.5) is 9.93 Å². The highest BCUT2D eigenvalue weighted by Crippen LogP contribution is 2.26. The van der Waals surface area contributed by atoms with E-state index in [4.69, 9.17) is 4.74 Å². The molecule has 0 saturated carbocycles. The predicted octanol–water partition coefficient (Wildman–Crippen LogP) is 4.01. The van der Waals surface area contributed by atoms with Gasteiger partial charge in [0.25, 0.3) is 0 Å². The van der Waals surface area contributed by atoms with Crippen molar-refractivity contribution in [2.24, 2.45) is 5.92 Å². The van der Waals surface area contributed by atoms with Gasteiger partial charge in [0.1, 0.15) is 6.04 Å². The summed E-state index contributed by atoms with van der Waals surface area (Å²) in [5.41, 5.74) is 1.83. The first kappa shape index (κ1) is 18.4. The fourth-order valence-electron chi connectivity index (χ4n) is 2.84. The molecule has 0 bridgehead atoms. The maximum Gasteiger partial charge on any atom is 0.410 e. The van der Waals surface area contributed by atoms with Crippen LogP contribution in [0.3, 0.4) is 0 Å². The average molecular weight is 373 g/mol. The maximum atomic E-state index is 12.6. The van der Waals surface area contributed by atoms with Gasteiger partial charge in [-0.2, -0.15) is 0 Å². The molecule has 0 radical (unpaired) electrons. The van der Waals surface area contributed by atoms with Crippen LogP contribution in [0.15, 0.2) is 35.7 Å². The summed E-state index contributed by atoms with van der Waals surface area (Å²) in [5.74, 6) is 0.0542. The highest BCUT2D eigenvalue weighted by molar-refractivity contribution is 7.14. The lowest BCUT2D eigenvalue weighted by Crippen LogP contribution is -2.43. The van der Waals surface area contributed by atoms with E-state index in [2.05, 4.69) is 10.3 Å². The van der Waals surface area contributed by atoms with Crippen molar-refractivity contribution < 1.29 is 14.3 Å². The quantitative estimate of drug-likeness (QED) is 0.860. The molecule has 1 unspecified atom stereocenters. The van der Waals surface area contributed by atoms with Crippen molar-refractivity contribution in [1.29, 1.82) is 0 Å². The Morgan fingerprint density at radius 1 is 1.35 bits per heavy atom. The van der Waals surface area contributed by atoms with Gasteiger partial charge in [0.05, 0.1) is 12.3 Å². The van der Waals surface area contributed by atoms with E-state index in [9.17, 15) is 9.59 Å². The molecule has 1 fully saturated rings. The van der Waals surface area contributed by atoms with Crippen molar-refractivity contribution in [2.75, 3.05) is 18.5 Å². The monoisotopic (exact) mass is 373 g/mol. The van der Waals surface area contributed by atoms with Gasteiger partial charge in [-0.1, -0.05) is 44.2 Å². The fraction of sp³-hybridized carbons (Fsp3) is 0.421. The standard InChI is InChI=1S/C19H23N3O3S/c1-13(2)11-25-19(24)22-10-6-9-16(22)17(23)21-18-20-15(12-26-18)14-7-4-3-5-8-14/h3-5,7-8,12-13,16H,6,9-11H2,1-2H3,(H,20,21,23). The Bertz CT molecular complexity index is 760. The summed E-state index contributed by atoms with van der Waals surface area (Å²) < 4.78 is 5.27. The highest BCUT2D eigenvalue weighted by atomic mass is 32.1. The van der Waals surface area contributed by atoms with Crippen molar-refractivity contribution >= 4 is 28.5 Å². The van der Waals surface area contributed by atoms with Crippen LogP contribution in [0, 0.1) is 5.92 Å². The molecule has 1 aliphatic heterocycles. The number of hydrogen-bond acceptors (Lipinski definition) is 5. The zero-order chi connectivity index (χ0) is 18.5. The topological polar surface area (TPSA) is 71.5 Å². The van der Waals surface area contributed by atoms with Crippen LogP contribution in [-0.4, -0.2) is 41.1 Å². The molecule has 1 aliphatic rings. The predicted molar refractivity (Wildman–Crippen MR) is 102 cm³/mol. The highest BCUT2D eigenvalue weighted by Gasteiger charge is 2.35. The molecular formula is C19H23N3O3S. The number of ether oxygens (including phenoxy) is 1. The van der Waals surface area contributed by atoms with Crippen molar-refractivity contribution in [2.45, 2.75) is 32.7 Å². The van der Waals surface area contributed by atoms with Gasteiger partial charge < -0.3 is 10.1 Å². The Kier molecular flexibility index (Phi) is 5.88. The molecule has 2 amide bonds. The molecule has 138 valence electrons. The average Bonchev–Trinajstić information content (AvgIpc) is 3.30. The minimum atomic E-state index is -0.501. The van der Waals surface area contributed by atoms with Crippen molar-refractivity contribution in [3.05, 3.63) is 35.7 Å². The molecular weight excluding hydrogens is 350 g/mol. The van der Waals surface area contributed by atoms with Gasteiger partial charge in [0, 0.05) is 17.5 Å². The molecule has 0 aliphatic carbocycles. The number of aromatic nitrogens is 1. The molecule has 1 atom stereocenters. The number of carbonyl (C=O) groups excluding carboxylic acids is 2. The van der Waals surface area contributed by atoms with E-state index in [-0.39, 0.29) is 11.8 Å². The number of likely N-dealkylation sites (tertiary alicyclic amines) is 1. The molecule has 1 saturated heterocycles. The molecule has 3 rings (SSSR count). The Labute approximate surface area is 157 Å². The van der Waals surface area contributed by atoms with E-state index in [0.717, 1.165) is 17.7 Å². The van der Waals surface area contributed by atoms with Crippen LogP contribution in [-0.2, 0) is 9.53 Å². The van der Waals surface area contributed by atoms with E-state index in [1.165, 1.54) is 16.2 Å². The summed E-state index contributed by atoms with van der Waals surface area (Å²) in [5, 5.41) is 5.29. The second kappa shape index (κ2) is 8.31. The number of anilines is 1. The number of thiazole rings is 1. The van der Waals surface area contributed by atoms with Gasteiger partial charge in [-0.05, 0) is 18.8 Å². The molecule has 2 heterocycles. The van der Waals surface area contributed by atoms with Gasteiger partial charge >= 0.3 is 6.09 Å². The molecule has 1 aromatic heterocycles. The minimum absolute atomic E-state index is 0.210. The van der Waals surface area contributed by atoms with Crippen LogP contribution < -0.4 is 5.32 Å². The summed E-state index contributed by atoms with van der Waals surface area (Å²) >= 11 is 1.38. The first-order chi connectivity index (χ1) is 12.5. The van der Waals surface area contributed by atoms with Gasteiger partial charge in [-0.3, -0.25) is 9.69 Å². The zero-order valence-electron chi connectivity index (χ0n) is 15.0. The number of hydrogen-bond donors (Lipinski definition) is 1. The van der Waals surface area contributed by atoms with E-state index >= 15 is 0 Å². The molecule has 2 aromatic rings. The van der Waals surface area contributed by atoms with E-state index < -0.39 is 12.1 Å². The van der Waals surface area contributed by atoms with E-state index in [1.807, 2.05) is 49.6 Å². The van der Waals surface area contributed by atoms with Gasteiger partial charge in [0.2, 0.25) is 5.91 Å². The summed E-state index contributed by atoms with van der Waals surface area (Å²) in [6, 6.07) is 9.30. The lowest BCUT2D eigenvalue weighted by molar-refractivity contribution is -0.120. The molecule has 6 nitrogen and oxygen atoms in total. The van der Waals surface area contributed by atoms with Crippen LogP contribution >= 0.6 is 11.3 Å². The second-order valence-corrected chi connectivity index (χ2v) is 7.57. The summed E-state index contributed by atoms with van der Waals surface area (Å²) in [6.07, 6.45) is 1.02. The van der Waals surface area contributed by atoms with Crippen molar-refractivity contribution in [1.82, 2.24) is 9.88 Å². The maximum absolute atomic E-state index is 12.6. The Morgan fingerprint density at radius 2 is 2.12 bits per heavy atom. The van der Waals surface area contributed by atoms with Crippen LogP contribution in [0.2, 0.25) is 0 Å². The van der Waals surface area contributed by atoms with Crippen LogP contribution in [0.5, 0.6) is 0 Å². The third-order valence-electron chi connectivity index (χ3n) is 4.13. The molecule has 1 N–H and O–H groups in total. The smallest absolute Gasteiger partial charge is 0.410 e. The Hall–Kier alpha value is -2.41. The normalized spacial score (nSPS) is 16.7. The van der Waals surface area contributed by atoms with Crippen molar-refractivity contribution in [3.63, 3.8) is 0 Å². The Morgan fingerprint density at radius 3 is 2.85 bits per heavy atom. The van der Waals surface area contributed by atoms with Crippen LogP contribution in [0.25, 0.3) is 11.3 Å². The zero-order valence-corrected chi connectivity index (χ0v) is 15.8. The van der Waals surface area contributed by atoms with Crippen LogP contribution in [0.1, 0.15) is 26.7 Å². The first-order valence-electron chi connectivity index (χ1n) is 8.80. The Balaban J connectivity index is 1.62. The number of nitrogens with one attached hydrogen (secondary N) is 1. The molecule has 1 aromatic carbocycles. The van der Waals surface area contributed by atoms with Gasteiger partial charge in [0.15, 0.2) is 5.13 Å². The van der Waals surface area contributed by atoms with Gasteiger partial charge in [-0.25, -0.2) is 9.78 Å². The van der Waals surface area contributed by atoms with Crippen molar-refractivity contribution in [3.8, 4) is 11.3 Å². The summed E-state index contributed by atoms with van der Waals surface area (Å²) in [4.78, 5) is 30.8. The van der Waals surface area contributed by atoms with E-state index in [0.29, 0.717) is 24.7 Å². The van der Waals surface area contributed by atoms with Gasteiger partial charge in [-0.15, -0.1) is 11.3 Å². The summed E-state index contributed by atoms with van der Waals surface area (Å²) in [6.45, 7) is 4.86. The number of benzene rings is 1. The third-order valence-corrected chi connectivity index (χ3v) is 4.89. The molecule has 0 spiro atoms. The number of amides is 2. The lowest BCUT2D eigenvalue weighted by Gasteiger charge is -2.23. The largest absolute Gasteiger partial charge is 0.449 e. The summed E-state index contributed by atoms with van der Waals surface area (Å²) in [7, 11) is 0.